The second-order valence-electron chi connectivity index (χ2n) is 7.51. The summed E-state index contributed by atoms with van der Waals surface area (Å²) in [6.07, 6.45) is 5.90. The minimum absolute atomic E-state index is 0.286. The maximum atomic E-state index is 12.7. The van der Waals surface area contributed by atoms with Crippen LogP contribution in [0.3, 0.4) is 0 Å². The Morgan fingerprint density at radius 3 is 2.71 bits per heavy atom. The monoisotopic (exact) mass is 331 g/mol. The van der Waals surface area contributed by atoms with Gasteiger partial charge in [-0.3, -0.25) is 4.79 Å². The van der Waals surface area contributed by atoms with Crippen LogP contribution in [0.1, 0.15) is 25.0 Å². The van der Waals surface area contributed by atoms with Gasteiger partial charge in [-0.1, -0.05) is 6.42 Å². The molecule has 1 saturated carbocycles. The molecule has 1 amide bonds. The lowest BCUT2D eigenvalue weighted by Crippen LogP contribution is -2.42. The highest BCUT2D eigenvalue weighted by Gasteiger charge is 2.32. The molecule has 1 atom stereocenters. The van der Waals surface area contributed by atoms with E-state index < -0.39 is 0 Å². The first kappa shape index (κ1) is 17.1. The summed E-state index contributed by atoms with van der Waals surface area (Å²) in [7, 11) is 6.13. The van der Waals surface area contributed by atoms with Crippen LogP contribution in [0.15, 0.2) is 12.4 Å². The van der Waals surface area contributed by atoms with Gasteiger partial charge in [0, 0.05) is 58.0 Å². The predicted molar refractivity (Wildman–Crippen MR) is 95.0 cm³/mol. The van der Waals surface area contributed by atoms with Crippen LogP contribution in [0.2, 0.25) is 0 Å². The van der Waals surface area contributed by atoms with Crippen LogP contribution in [0, 0.1) is 11.8 Å². The third kappa shape index (κ3) is 4.04. The van der Waals surface area contributed by atoms with Gasteiger partial charge in [0.25, 0.3) is 0 Å². The van der Waals surface area contributed by atoms with Crippen molar-refractivity contribution in [1.29, 1.82) is 0 Å². The van der Waals surface area contributed by atoms with E-state index in [1.54, 1.807) is 6.33 Å². The van der Waals surface area contributed by atoms with E-state index >= 15 is 0 Å². The molecule has 0 aromatic carbocycles. The Labute approximate surface area is 144 Å². The van der Waals surface area contributed by atoms with Crippen molar-refractivity contribution in [3.05, 3.63) is 18.1 Å². The molecule has 2 fully saturated rings. The lowest BCUT2D eigenvalue weighted by atomic mass is 9.84. The number of anilines is 1. The molecule has 2 aliphatic rings. The first-order chi connectivity index (χ1) is 11.5. The Balaban J connectivity index is 1.68. The number of hydrogen-bond acceptors (Lipinski definition) is 5. The van der Waals surface area contributed by atoms with Gasteiger partial charge in [0.2, 0.25) is 5.91 Å². The van der Waals surface area contributed by atoms with E-state index in [1.807, 2.05) is 19.0 Å². The third-order valence-corrected chi connectivity index (χ3v) is 5.23. The average molecular weight is 331 g/mol. The third-order valence-electron chi connectivity index (χ3n) is 5.23. The fourth-order valence-electron chi connectivity index (χ4n) is 3.56. The standard InChI is InChI=1S/C18H29N5O/c1-21(2)17-10-16(19-13-20-17)9-14-11-22(3)7-8-23(12-14)18(24)15-5-4-6-15/h10,13-15H,4-9,11-12H2,1-3H3/t14-/m1/s1. The van der Waals surface area contributed by atoms with Crippen molar-refractivity contribution in [2.24, 2.45) is 11.8 Å². The van der Waals surface area contributed by atoms with E-state index in [0.29, 0.717) is 11.8 Å². The van der Waals surface area contributed by atoms with Gasteiger partial charge in [0.05, 0.1) is 0 Å². The summed E-state index contributed by atoms with van der Waals surface area (Å²) >= 11 is 0. The molecule has 132 valence electrons. The van der Waals surface area contributed by atoms with Gasteiger partial charge >= 0.3 is 0 Å². The van der Waals surface area contributed by atoms with Crippen molar-refractivity contribution in [3.63, 3.8) is 0 Å². The lowest BCUT2D eigenvalue weighted by molar-refractivity contribution is -0.138. The Hall–Kier alpha value is -1.69. The molecule has 0 bridgehead atoms. The fourth-order valence-corrected chi connectivity index (χ4v) is 3.56. The van der Waals surface area contributed by atoms with Gasteiger partial charge in [-0.05, 0) is 32.2 Å². The van der Waals surface area contributed by atoms with Crippen molar-refractivity contribution in [3.8, 4) is 0 Å². The SMILES string of the molecule is CN1CCN(C(=O)C2CCC2)C[C@H](Cc2cc(N(C)C)ncn2)C1. The zero-order valence-corrected chi connectivity index (χ0v) is 15.1. The number of carbonyl (C=O) groups excluding carboxylic acids is 1. The van der Waals surface area contributed by atoms with E-state index in [4.69, 9.17) is 0 Å². The van der Waals surface area contributed by atoms with Gasteiger partial charge < -0.3 is 14.7 Å². The molecule has 6 nitrogen and oxygen atoms in total. The molecular formula is C18H29N5O. The normalized spacial score (nSPS) is 22.8. The summed E-state index contributed by atoms with van der Waals surface area (Å²) in [6.45, 7) is 3.67. The van der Waals surface area contributed by atoms with Crippen molar-refractivity contribution < 1.29 is 4.79 Å². The van der Waals surface area contributed by atoms with E-state index in [0.717, 1.165) is 57.0 Å². The highest BCUT2D eigenvalue weighted by atomic mass is 16.2. The zero-order valence-electron chi connectivity index (χ0n) is 15.1. The molecule has 2 heterocycles. The number of carbonyl (C=O) groups is 1. The van der Waals surface area contributed by atoms with Crippen LogP contribution in [-0.4, -0.2) is 73.0 Å². The maximum Gasteiger partial charge on any atom is 0.225 e. The molecule has 1 saturated heterocycles. The molecule has 1 aromatic rings. The van der Waals surface area contributed by atoms with E-state index in [9.17, 15) is 4.79 Å². The van der Waals surface area contributed by atoms with Gasteiger partial charge in [-0.15, -0.1) is 0 Å². The maximum absolute atomic E-state index is 12.7. The second-order valence-corrected chi connectivity index (χ2v) is 7.51. The van der Waals surface area contributed by atoms with Crippen LogP contribution in [0.25, 0.3) is 0 Å². The van der Waals surface area contributed by atoms with Crippen LogP contribution >= 0.6 is 0 Å². The van der Waals surface area contributed by atoms with Crippen molar-refractivity contribution >= 4 is 11.7 Å². The Morgan fingerprint density at radius 2 is 2.04 bits per heavy atom. The van der Waals surface area contributed by atoms with Crippen LogP contribution in [-0.2, 0) is 11.2 Å². The molecule has 0 unspecified atom stereocenters. The average Bonchev–Trinajstić information content (AvgIpc) is 2.67. The number of nitrogens with zero attached hydrogens (tertiary/aromatic N) is 5. The molecule has 6 heteroatoms. The van der Waals surface area contributed by atoms with Crippen molar-refractivity contribution in [2.45, 2.75) is 25.7 Å². The summed E-state index contributed by atoms with van der Waals surface area (Å²) in [6, 6.07) is 2.06. The van der Waals surface area contributed by atoms with Crippen LogP contribution < -0.4 is 4.90 Å². The Bertz CT molecular complexity index is 572. The highest BCUT2D eigenvalue weighted by molar-refractivity contribution is 5.79. The zero-order chi connectivity index (χ0) is 17.1. The lowest BCUT2D eigenvalue weighted by Gasteiger charge is -2.32. The summed E-state index contributed by atoms with van der Waals surface area (Å²) in [5.41, 5.74) is 1.06. The van der Waals surface area contributed by atoms with E-state index in [1.165, 1.54) is 6.42 Å². The molecular weight excluding hydrogens is 302 g/mol. The number of hydrogen-bond donors (Lipinski definition) is 0. The van der Waals surface area contributed by atoms with E-state index in [2.05, 4.69) is 32.9 Å². The molecule has 1 aliphatic carbocycles. The largest absolute Gasteiger partial charge is 0.363 e. The first-order valence-electron chi connectivity index (χ1n) is 8.98. The summed E-state index contributed by atoms with van der Waals surface area (Å²) in [5.74, 6) is 2.02. The Kier molecular flexibility index (Phi) is 5.33. The summed E-state index contributed by atoms with van der Waals surface area (Å²) in [4.78, 5) is 27.8. The summed E-state index contributed by atoms with van der Waals surface area (Å²) in [5, 5.41) is 0. The van der Waals surface area contributed by atoms with Crippen LogP contribution in [0.5, 0.6) is 0 Å². The number of amides is 1. The van der Waals surface area contributed by atoms with Gasteiger partial charge in [-0.25, -0.2) is 9.97 Å². The molecule has 1 aliphatic heterocycles. The Morgan fingerprint density at radius 1 is 1.25 bits per heavy atom. The number of aromatic nitrogens is 2. The smallest absolute Gasteiger partial charge is 0.225 e. The quantitative estimate of drug-likeness (QED) is 0.832. The topological polar surface area (TPSA) is 52.6 Å². The number of likely N-dealkylation sites (N-methyl/N-ethyl adjacent to an activating group) is 1. The molecule has 24 heavy (non-hydrogen) atoms. The minimum atomic E-state index is 0.286. The highest BCUT2D eigenvalue weighted by Crippen LogP contribution is 2.29. The van der Waals surface area contributed by atoms with Gasteiger partial charge in [0.1, 0.15) is 12.1 Å². The van der Waals surface area contributed by atoms with Crippen molar-refractivity contribution in [1.82, 2.24) is 19.8 Å². The first-order valence-corrected chi connectivity index (χ1v) is 8.98. The van der Waals surface area contributed by atoms with Crippen LogP contribution in [0.4, 0.5) is 5.82 Å². The molecule has 0 N–H and O–H groups in total. The molecule has 0 spiro atoms. The van der Waals surface area contributed by atoms with Gasteiger partial charge in [-0.2, -0.15) is 0 Å². The predicted octanol–water partition coefficient (Wildman–Crippen LogP) is 1.28. The minimum Gasteiger partial charge on any atom is -0.363 e. The summed E-state index contributed by atoms with van der Waals surface area (Å²) < 4.78 is 0. The number of rotatable bonds is 4. The second kappa shape index (κ2) is 7.47. The fraction of sp³-hybridized carbons (Fsp3) is 0.722. The van der Waals surface area contributed by atoms with Crippen molar-refractivity contribution in [2.75, 3.05) is 52.2 Å². The molecule has 0 radical (unpaired) electrons. The molecule has 3 rings (SSSR count). The van der Waals surface area contributed by atoms with E-state index in [-0.39, 0.29) is 5.92 Å². The van der Waals surface area contributed by atoms with Gasteiger partial charge in [0.15, 0.2) is 0 Å². The molecule has 1 aromatic heterocycles.